The van der Waals surface area contributed by atoms with Crippen molar-refractivity contribution in [2.75, 3.05) is 6.26 Å². The maximum Gasteiger partial charge on any atom is 0.405 e. The van der Waals surface area contributed by atoms with E-state index in [-0.39, 0.29) is 4.90 Å². The van der Waals surface area contributed by atoms with Gasteiger partial charge in [-0.05, 0) is 30.5 Å². The number of hydrogen-bond acceptors (Lipinski definition) is 4. The average molecular weight is 255 g/mol. The Morgan fingerprint density at radius 1 is 1.41 bits per heavy atom. The fourth-order valence-corrected chi connectivity index (χ4v) is 2.43. The highest BCUT2D eigenvalue weighted by atomic mass is 32.2. The van der Waals surface area contributed by atoms with Gasteiger partial charge in [-0.2, -0.15) is 0 Å². The summed E-state index contributed by atoms with van der Waals surface area (Å²) in [6, 6.07) is 6.42. The summed E-state index contributed by atoms with van der Waals surface area (Å²) >= 11 is 0. The van der Waals surface area contributed by atoms with Crippen LogP contribution in [0, 0.1) is 0 Å². The summed E-state index contributed by atoms with van der Waals surface area (Å²) in [5, 5.41) is 0. The van der Waals surface area contributed by atoms with E-state index in [1.165, 1.54) is 12.1 Å². The van der Waals surface area contributed by atoms with Crippen molar-refractivity contribution in [1.82, 2.24) is 0 Å². The summed E-state index contributed by atoms with van der Waals surface area (Å²) in [5.41, 5.74) is 4.96. The minimum Gasteiger partial charge on any atom is -0.438 e. The molecule has 1 amide bonds. The second-order valence-electron chi connectivity index (χ2n) is 4.22. The maximum absolute atomic E-state index is 11.4. The van der Waals surface area contributed by atoms with E-state index in [1.807, 2.05) is 0 Å². The Morgan fingerprint density at radius 2 is 2.06 bits per heavy atom. The van der Waals surface area contributed by atoms with E-state index in [9.17, 15) is 13.2 Å². The van der Waals surface area contributed by atoms with E-state index >= 15 is 0 Å². The molecule has 1 aliphatic carbocycles. The molecule has 0 aromatic heterocycles. The summed E-state index contributed by atoms with van der Waals surface area (Å²) in [4.78, 5) is 11.0. The first kappa shape index (κ1) is 11.9. The third-order valence-electron chi connectivity index (χ3n) is 2.79. The standard InChI is InChI=1S/C11H13NO4S/c1-17(14,15)9-4-2-3-8(7-9)11(5-6-11)16-10(12)13/h2-4,7H,5-6H2,1H3,(H2,12,13). The van der Waals surface area contributed by atoms with Gasteiger partial charge < -0.3 is 10.5 Å². The lowest BCUT2D eigenvalue weighted by atomic mass is 10.1. The molecule has 1 saturated carbocycles. The molecule has 0 aliphatic heterocycles. The number of ether oxygens (including phenoxy) is 1. The number of carbonyl (C=O) groups excluding carboxylic acids is 1. The van der Waals surface area contributed by atoms with Gasteiger partial charge in [0.15, 0.2) is 9.84 Å². The van der Waals surface area contributed by atoms with Crippen molar-refractivity contribution in [3.05, 3.63) is 29.8 Å². The van der Waals surface area contributed by atoms with Crippen molar-refractivity contribution in [3.8, 4) is 0 Å². The first-order chi connectivity index (χ1) is 7.83. The second-order valence-corrected chi connectivity index (χ2v) is 6.23. The minimum atomic E-state index is -3.26. The summed E-state index contributed by atoms with van der Waals surface area (Å²) in [5.74, 6) is 0. The lowest BCUT2D eigenvalue weighted by Crippen LogP contribution is -2.22. The van der Waals surface area contributed by atoms with E-state index in [4.69, 9.17) is 10.5 Å². The molecule has 0 radical (unpaired) electrons. The Balaban J connectivity index is 2.38. The molecule has 2 rings (SSSR count). The highest BCUT2D eigenvalue weighted by Crippen LogP contribution is 2.49. The van der Waals surface area contributed by atoms with Crippen LogP contribution in [0.3, 0.4) is 0 Å². The zero-order valence-electron chi connectivity index (χ0n) is 9.34. The molecule has 92 valence electrons. The van der Waals surface area contributed by atoms with Gasteiger partial charge in [-0.1, -0.05) is 12.1 Å². The van der Waals surface area contributed by atoms with Crippen LogP contribution in [0.15, 0.2) is 29.2 Å². The van der Waals surface area contributed by atoms with Crippen LogP contribution in [-0.2, 0) is 20.2 Å². The molecule has 2 N–H and O–H groups in total. The monoisotopic (exact) mass is 255 g/mol. The van der Waals surface area contributed by atoms with E-state index in [1.54, 1.807) is 12.1 Å². The van der Waals surface area contributed by atoms with Crippen molar-refractivity contribution in [2.24, 2.45) is 5.73 Å². The topological polar surface area (TPSA) is 86.5 Å². The van der Waals surface area contributed by atoms with Crippen LogP contribution in [0.4, 0.5) is 4.79 Å². The van der Waals surface area contributed by atoms with Gasteiger partial charge in [0, 0.05) is 6.26 Å². The summed E-state index contributed by atoms with van der Waals surface area (Å²) < 4.78 is 27.9. The van der Waals surface area contributed by atoms with Crippen LogP contribution in [0.25, 0.3) is 0 Å². The average Bonchev–Trinajstić information content (AvgIpc) is 2.97. The molecule has 1 fully saturated rings. The van der Waals surface area contributed by atoms with Gasteiger partial charge in [-0.15, -0.1) is 0 Å². The number of rotatable bonds is 3. The molecule has 1 aromatic rings. The Hall–Kier alpha value is -1.56. The number of primary amides is 1. The third kappa shape index (κ3) is 2.41. The molecule has 0 saturated heterocycles. The molecule has 0 unspecified atom stereocenters. The fourth-order valence-electron chi connectivity index (χ4n) is 1.77. The van der Waals surface area contributed by atoms with Crippen LogP contribution in [-0.4, -0.2) is 20.8 Å². The molecular formula is C11H13NO4S. The second kappa shape index (κ2) is 3.73. The van der Waals surface area contributed by atoms with Crippen molar-refractivity contribution < 1.29 is 17.9 Å². The first-order valence-electron chi connectivity index (χ1n) is 5.13. The number of sulfone groups is 1. The number of nitrogens with two attached hydrogens (primary N) is 1. The van der Waals surface area contributed by atoms with Gasteiger partial charge >= 0.3 is 6.09 Å². The van der Waals surface area contributed by atoms with Crippen molar-refractivity contribution >= 4 is 15.9 Å². The lowest BCUT2D eigenvalue weighted by Gasteiger charge is -2.15. The first-order valence-corrected chi connectivity index (χ1v) is 7.02. The number of benzene rings is 1. The molecular weight excluding hydrogens is 242 g/mol. The Bertz CT molecular complexity index is 561. The quantitative estimate of drug-likeness (QED) is 0.878. The maximum atomic E-state index is 11.4. The highest BCUT2D eigenvalue weighted by molar-refractivity contribution is 7.90. The van der Waals surface area contributed by atoms with Crippen molar-refractivity contribution in [1.29, 1.82) is 0 Å². The van der Waals surface area contributed by atoms with Crippen LogP contribution < -0.4 is 5.73 Å². The summed E-state index contributed by atoms with van der Waals surface area (Å²) in [6.45, 7) is 0. The normalized spacial score (nSPS) is 17.5. The molecule has 1 aromatic carbocycles. The molecule has 6 heteroatoms. The molecule has 0 atom stereocenters. The van der Waals surface area contributed by atoms with Crippen LogP contribution in [0.2, 0.25) is 0 Å². The van der Waals surface area contributed by atoms with Gasteiger partial charge in [0.05, 0.1) is 4.90 Å². The largest absolute Gasteiger partial charge is 0.438 e. The molecule has 1 aliphatic rings. The number of carbonyl (C=O) groups is 1. The molecule has 17 heavy (non-hydrogen) atoms. The van der Waals surface area contributed by atoms with Crippen molar-refractivity contribution in [3.63, 3.8) is 0 Å². The molecule has 5 nitrogen and oxygen atoms in total. The SMILES string of the molecule is CS(=O)(=O)c1cccc(C2(OC(N)=O)CC2)c1. The fraction of sp³-hybridized carbons (Fsp3) is 0.364. The zero-order chi connectivity index (χ0) is 12.7. The molecule has 0 heterocycles. The molecule has 0 spiro atoms. The van der Waals surface area contributed by atoms with E-state index in [0.29, 0.717) is 18.4 Å². The molecule has 0 bridgehead atoms. The van der Waals surface area contributed by atoms with Gasteiger partial charge in [0.1, 0.15) is 5.60 Å². The summed E-state index contributed by atoms with van der Waals surface area (Å²) in [6.07, 6.45) is 1.64. The predicted molar refractivity (Wildman–Crippen MR) is 61.1 cm³/mol. The Kier molecular flexibility index (Phi) is 2.61. The van der Waals surface area contributed by atoms with Gasteiger partial charge in [0.25, 0.3) is 0 Å². The highest BCUT2D eigenvalue weighted by Gasteiger charge is 2.48. The van der Waals surface area contributed by atoms with Gasteiger partial charge in [0.2, 0.25) is 0 Å². The van der Waals surface area contributed by atoms with Crippen LogP contribution in [0.1, 0.15) is 18.4 Å². The number of amides is 1. The number of hydrogen-bond donors (Lipinski definition) is 1. The van der Waals surface area contributed by atoms with E-state index < -0.39 is 21.5 Å². The predicted octanol–water partition coefficient (Wildman–Crippen LogP) is 1.17. The van der Waals surface area contributed by atoms with Crippen LogP contribution >= 0.6 is 0 Å². The van der Waals surface area contributed by atoms with E-state index in [0.717, 1.165) is 6.26 Å². The van der Waals surface area contributed by atoms with Crippen LogP contribution in [0.5, 0.6) is 0 Å². The Labute approximate surface area is 99.5 Å². The zero-order valence-corrected chi connectivity index (χ0v) is 10.2. The van der Waals surface area contributed by atoms with E-state index in [2.05, 4.69) is 0 Å². The third-order valence-corrected chi connectivity index (χ3v) is 3.90. The Morgan fingerprint density at radius 3 is 2.53 bits per heavy atom. The minimum absolute atomic E-state index is 0.217. The smallest absolute Gasteiger partial charge is 0.405 e. The van der Waals surface area contributed by atoms with Gasteiger partial charge in [-0.25, -0.2) is 13.2 Å². The summed E-state index contributed by atoms with van der Waals surface area (Å²) in [7, 11) is -3.26. The lowest BCUT2D eigenvalue weighted by molar-refractivity contribution is 0.0898. The van der Waals surface area contributed by atoms with Crippen molar-refractivity contribution in [2.45, 2.75) is 23.3 Å². The van der Waals surface area contributed by atoms with Gasteiger partial charge in [-0.3, -0.25) is 0 Å².